The Morgan fingerprint density at radius 2 is 2.15 bits per heavy atom. The van der Waals surface area contributed by atoms with Crippen molar-refractivity contribution in [2.24, 2.45) is 5.92 Å². The van der Waals surface area contributed by atoms with Gasteiger partial charge in [-0.3, -0.25) is 9.48 Å². The minimum atomic E-state index is 0.0576. The van der Waals surface area contributed by atoms with Crippen molar-refractivity contribution in [2.45, 2.75) is 32.2 Å². The number of carbonyl (C=O) groups excluding carboxylic acids is 1. The first-order chi connectivity index (χ1) is 9.72. The molecule has 1 fully saturated rings. The van der Waals surface area contributed by atoms with Crippen LogP contribution in [-0.4, -0.2) is 15.6 Å². The molecule has 0 saturated heterocycles. The Labute approximate surface area is 123 Å². The van der Waals surface area contributed by atoms with E-state index in [1.165, 1.54) is 5.56 Å². The van der Waals surface area contributed by atoms with Gasteiger partial charge in [0, 0.05) is 12.5 Å². The highest BCUT2D eigenvalue weighted by molar-refractivity contribution is 6.33. The minimum absolute atomic E-state index is 0.0576. The standard InChI is InChI=1S/C16H17ClN2O/c1-2-8-19-15(14(17)10-18-19)16(20)13-9-12(13)11-6-4-3-5-7-11/h3-7,10,12-13H,2,8-9H2,1H3. The lowest BCUT2D eigenvalue weighted by atomic mass is 10.1. The summed E-state index contributed by atoms with van der Waals surface area (Å²) in [4.78, 5) is 12.6. The van der Waals surface area contributed by atoms with Gasteiger partial charge in [0.2, 0.25) is 0 Å². The predicted molar refractivity (Wildman–Crippen MR) is 79.1 cm³/mol. The lowest BCUT2D eigenvalue weighted by Gasteiger charge is -2.06. The Bertz CT molecular complexity index is 621. The third-order valence-corrected chi connectivity index (χ3v) is 4.10. The van der Waals surface area contributed by atoms with E-state index >= 15 is 0 Å². The van der Waals surface area contributed by atoms with Crippen molar-refractivity contribution < 1.29 is 4.79 Å². The van der Waals surface area contributed by atoms with Crippen LogP contribution < -0.4 is 0 Å². The van der Waals surface area contributed by atoms with Crippen molar-refractivity contribution in [3.8, 4) is 0 Å². The molecule has 0 radical (unpaired) electrons. The van der Waals surface area contributed by atoms with E-state index in [-0.39, 0.29) is 11.7 Å². The molecule has 4 heteroatoms. The van der Waals surface area contributed by atoms with Gasteiger partial charge in [0.15, 0.2) is 5.78 Å². The van der Waals surface area contributed by atoms with Crippen LogP contribution in [-0.2, 0) is 6.54 Å². The van der Waals surface area contributed by atoms with Gasteiger partial charge in [-0.15, -0.1) is 0 Å². The second-order valence-electron chi connectivity index (χ2n) is 5.29. The molecule has 2 atom stereocenters. The molecule has 0 aliphatic heterocycles. The number of carbonyl (C=O) groups is 1. The molecule has 1 aliphatic carbocycles. The van der Waals surface area contributed by atoms with Crippen LogP contribution in [0.15, 0.2) is 36.5 Å². The topological polar surface area (TPSA) is 34.9 Å². The first-order valence-electron chi connectivity index (χ1n) is 7.02. The summed E-state index contributed by atoms with van der Waals surface area (Å²) in [5, 5.41) is 4.67. The SMILES string of the molecule is CCCn1ncc(Cl)c1C(=O)C1CC1c1ccccc1. The Morgan fingerprint density at radius 3 is 2.85 bits per heavy atom. The summed E-state index contributed by atoms with van der Waals surface area (Å²) < 4.78 is 1.74. The van der Waals surface area contributed by atoms with Gasteiger partial charge < -0.3 is 0 Å². The van der Waals surface area contributed by atoms with Gasteiger partial charge in [-0.25, -0.2) is 0 Å². The van der Waals surface area contributed by atoms with Gasteiger partial charge in [0.25, 0.3) is 0 Å². The van der Waals surface area contributed by atoms with Crippen molar-refractivity contribution in [1.29, 1.82) is 0 Å². The fourth-order valence-electron chi connectivity index (χ4n) is 2.72. The number of aromatic nitrogens is 2. The van der Waals surface area contributed by atoms with Crippen molar-refractivity contribution in [3.63, 3.8) is 0 Å². The number of Topliss-reactive ketones (excluding diaryl/α,β-unsaturated/α-hetero) is 1. The molecule has 104 valence electrons. The quantitative estimate of drug-likeness (QED) is 0.781. The van der Waals surface area contributed by atoms with Crippen molar-refractivity contribution in [1.82, 2.24) is 9.78 Å². The van der Waals surface area contributed by atoms with Gasteiger partial charge in [0.1, 0.15) is 5.69 Å². The molecular formula is C16H17ClN2O. The van der Waals surface area contributed by atoms with E-state index in [1.807, 2.05) is 18.2 Å². The Morgan fingerprint density at radius 1 is 1.40 bits per heavy atom. The molecule has 1 heterocycles. The molecule has 2 aromatic rings. The van der Waals surface area contributed by atoms with E-state index in [0.29, 0.717) is 16.6 Å². The van der Waals surface area contributed by atoms with E-state index in [9.17, 15) is 4.79 Å². The summed E-state index contributed by atoms with van der Waals surface area (Å²) in [6.07, 6.45) is 3.42. The Kier molecular flexibility index (Phi) is 3.62. The van der Waals surface area contributed by atoms with Gasteiger partial charge in [-0.2, -0.15) is 5.10 Å². The van der Waals surface area contributed by atoms with Crippen LogP contribution in [0.25, 0.3) is 0 Å². The lowest BCUT2D eigenvalue weighted by Crippen LogP contribution is -2.13. The van der Waals surface area contributed by atoms with E-state index < -0.39 is 0 Å². The van der Waals surface area contributed by atoms with E-state index in [0.717, 1.165) is 19.4 Å². The highest BCUT2D eigenvalue weighted by Gasteiger charge is 2.45. The number of aryl methyl sites for hydroxylation is 1. The number of ketones is 1. The summed E-state index contributed by atoms with van der Waals surface area (Å²) in [5.74, 6) is 0.529. The van der Waals surface area contributed by atoms with Gasteiger partial charge >= 0.3 is 0 Å². The van der Waals surface area contributed by atoms with Crippen LogP contribution in [0.3, 0.4) is 0 Å². The lowest BCUT2D eigenvalue weighted by molar-refractivity contribution is 0.0954. The highest BCUT2D eigenvalue weighted by atomic mass is 35.5. The Hall–Kier alpha value is -1.61. The maximum Gasteiger partial charge on any atom is 0.186 e. The molecule has 3 rings (SSSR count). The predicted octanol–water partition coefficient (Wildman–Crippen LogP) is 3.93. The number of halogens is 1. The number of nitrogens with zero attached hydrogens (tertiary/aromatic N) is 2. The normalized spacial score (nSPS) is 20.9. The monoisotopic (exact) mass is 288 g/mol. The number of hydrogen-bond donors (Lipinski definition) is 0. The fourth-order valence-corrected chi connectivity index (χ4v) is 2.95. The smallest absolute Gasteiger partial charge is 0.186 e. The van der Waals surface area contributed by atoms with Crippen LogP contribution in [0.5, 0.6) is 0 Å². The molecular weight excluding hydrogens is 272 g/mol. The largest absolute Gasteiger partial charge is 0.292 e. The number of benzene rings is 1. The third-order valence-electron chi connectivity index (χ3n) is 3.82. The van der Waals surface area contributed by atoms with Crippen LogP contribution in [0.1, 0.15) is 41.7 Å². The molecule has 20 heavy (non-hydrogen) atoms. The summed E-state index contributed by atoms with van der Waals surface area (Å²) in [6.45, 7) is 2.80. The average molecular weight is 289 g/mol. The molecule has 1 saturated carbocycles. The summed E-state index contributed by atoms with van der Waals surface area (Å²) in [6, 6.07) is 10.2. The number of hydrogen-bond acceptors (Lipinski definition) is 2. The first-order valence-corrected chi connectivity index (χ1v) is 7.40. The second-order valence-corrected chi connectivity index (χ2v) is 5.70. The van der Waals surface area contributed by atoms with E-state index in [2.05, 4.69) is 24.2 Å². The maximum absolute atomic E-state index is 12.6. The average Bonchev–Trinajstić information content (AvgIpc) is 3.19. The zero-order chi connectivity index (χ0) is 14.1. The molecule has 1 aliphatic rings. The summed E-state index contributed by atoms with van der Waals surface area (Å²) >= 11 is 6.14. The molecule has 0 amide bonds. The molecule has 3 nitrogen and oxygen atoms in total. The van der Waals surface area contributed by atoms with Crippen LogP contribution in [0.4, 0.5) is 0 Å². The maximum atomic E-state index is 12.6. The molecule has 2 unspecified atom stereocenters. The molecule has 0 spiro atoms. The zero-order valence-corrected chi connectivity index (χ0v) is 12.2. The minimum Gasteiger partial charge on any atom is -0.292 e. The van der Waals surface area contributed by atoms with E-state index in [1.54, 1.807) is 10.9 Å². The van der Waals surface area contributed by atoms with Crippen LogP contribution in [0, 0.1) is 5.92 Å². The second kappa shape index (κ2) is 5.41. The van der Waals surface area contributed by atoms with Crippen molar-refractivity contribution in [3.05, 3.63) is 52.8 Å². The van der Waals surface area contributed by atoms with E-state index in [4.69, 9.17) is 11.6 Å². The van der Waals surface area contributed by atoms with Gasteiger partial charge in [-0.05, 0) is 24.3 Å². The van der Waals surface area contributed by atoms with Crippen LogP contribution in [0.2, 0.25) is 5.02 Å². The molecule has 0 bridgehead atoms. The molecule has 1 aromatic carbocycles. The fraction of sp³-hybridized carbons (Fsp3) is 0.375. The van der Waals surface area contributed by atoms with Crippen molar-refractivity contribution in [2.75, 3.05) is 0 Å². The van der Waals surface area contributed by atoms with Crippen LogP contribution >= 0.6 is 11.6 Å². The zero-order valence-electron chi connectivity index (χ0n) is 11.4. The third kappa shape index (κ3) is 2.38. The Balaban J connectivity index is 1.80. The first kappa shape index (κ1) is 13.4. The van der Waals surface area contributed by atoms with Gasteiger partial charge in [0.05, 0.1) is 11.2 Å². The molecule has 0 N–H and O–H groups in total. The number of rotatable bonds is 5. The van der Waals surface area contributed by atoms with Gasteiger partial charge in [-0.1, -0.05) is 48.9 Å². The molecule has 1 aromatic heterocycles. The highest BCUT2D eigenvalue weighted by Crippen LogP contribution is 2.49. The summed E-state index contributed by atoms with van der Waals surface area (Å²) in [7, 11) is 0. The van der Waals surface area contributed by atoms with Crippen molar-refractivity contribution >= 4 is 17.4 Å². The summed E-state index contributed by atoms with van der Waals surface area (Å²) in [5.41, 5.74) is 1.82.